The zero-order valence-electron chi connectivity index (χ0n) is 12.2. The van der Waals surface area contributed by atoms with E-state index < -0.39 is 0 Å². The summed E-state index contributed by atoms with van der Waals surface area (Å²) in [5.41, 5.74) is 0. The molecule has 0 aliphatic heterocycles. The quantitative estimate of drug-likeness (QED) is 0.823. The van der Waals surface area contributed by atoms with Gasteiger partial charge in [0.2, 0.25) is 0 Å². The summed E-state index contributed by atoms with van der Waals surface area (Å²) >= 11 is 2.97. The average molecular weight is 309 g/mol. The zero-order valence-corrected chi connectivity index (χ0v) is 13.8. The summed E-state index contributed by atoms with van der Waals surface area (Å²) in [5, 5.41) is 4.16. The molecule has 0 unspecified atom stereocenters. The Morgan fingerprint density at radius 2 is 2.05 bits per heavy atom. The minimum absolute atomic E-state index is 0.300. The first-order valence-electron chi connectivity index (χ1n) is 6.75. The van der Waals surface area contributed by atoms with Gasteiger partial charge in [0.05, 0.1) is 0 Å². The third-order valence-electron chi connectivity index (χ3n) is 2.55. The molecule has 108 valence electrons. The van der Waals surface area contributed by atoms with E-state index in [1.165, 1.54) is 11.5 Å². The van der Waals surface area contributed by atoms with Gasteiger partial charge in [-0.15, -0.1) is 0 Å². The van der Waals surface area contributed by atoms with Crippen molar-refractivity contribution in [3.63, 3.8) is 0 Å². The standard InChI is InChI=1S/C13H19N5S2/c1-5-9-16-13(20-18-9)19-11-7-10(14-6-2)15-12(17-11)8(3)4/h7-8H,5-6H2,1-4H3,(H,14,15,17). The summed E-state index contributed by atoms with van der Waals surface area (Å²) in [6, 6.07) is 1.97. The number of aryl methyl sites for hydroxylation is 1. The highest BCUT2D eigenvalue weighted by Crippen LogP contribution is 2.29. The Balaban J connectivity index is 2.25. The van der Waals surface area contributed by atoms with Crippen molar-refractivity contribution in [3.8, 4) is 0 Å². The normalized spacial score (nSPS) is 11.1. The summed E-state index contributed by atoms with van der Waals surface area (Å²) in [6.45, 7) is 9.15. The molecule has 5 nitrogen and oxygen atoms in total. The predicted octanol–water partition coefficient (Wildman–Crippen LogP) is 3.60. The lowest BCUT2D eigenvalue weighted by Crippen LogP contribution is -2.05. The summed E-state index contributed by atoms with van der Waals surface area (Å²) < 4.78 is 5.23. The molecular formula is C13H19N5S2. The van der Waals surface area contributed by atoms with E-state index in [1.807, 2.05) is 6.07 Å². The molecule has 0 aliphatic rings. The molecule has 2 aromatic rings. The van der Waals surface area contributed by atoms with Gasteiger partial charge in [0.25, 0.3) is 0 Å². The van der Waals surface area contributed by atoms with E-state index in [9.17, 15) is 0 Å². The number of anilines is 1. The van der Waals surface area contributed by atoms with Crippen molar-refractivity contribution in [2.75, 3.05) is 11.9 Å². The van der Waals surface area contributed by atoms with E-state index in [0.717, 1.165) is 39.8 Å². The molecule has 0 radical (unpaired) electrons. The van der Waals surface area contributed by atoms with Crippen LogP contribution in [-0.2, 0) is 6.42 Å². The SMILES string of the molecule is CCNc1cc(Sc2nc(CC)ns2)nc(C(C)C)n1. The van der Waals surface area contributed by atoms with Crippen molar-refractivity contribution >= 4 is 29.1 Å². The van der Waals surface area contributed by atoms with Crippen LogP contribution in [0.3, 0.4) is 0 Å². The monoisotopic (exact) mass is 309 g/mol. The molecule has 0 amide bonds. The lowest BCUT2D eigenvalue weighted by molar-refractivity contribution is 0.754. The van der Waals surface area contributed by atoms with E-state index in [1.54, 1.807) is 11.8 Å². The van der Waals surface area contributed by atoms with Gasteiger partial charge in [-0.25, -0.2) is 15.0 Å². The second kappa shape index (κ2) is 6.99. The first-order valence-corrected chi connectivity index (χ1v) is 8.34. The van der Waals surface area contributed by atoms with Crippen molar-refractivity contribution in [1.82, 2.24) is 19.3 Å². The molecule has 20 heavy (non-hydrogen) atoms. The molecule has 0 aromatic carbocycles. The molecule has 0 spiro atoms. The fourth-order valence-electron chi connectivity index (χ4n) is 1.54. The Labute approximate surface area is 127 Å². The largest absolute Gasteiger partial charge is 0.370 e. The third-order valence-corrected chi connectivity index (χ3v) is 4.26. The van der Waals surface area contributed by atoms with Gasteiger partial charge in [-0.2, -0.15) is 4.37 Å². The van der Waals surface area contributed by atoms with Crippen molar-refractivity contribution < 1.29 is 0 Å². The first-order chi connectivity index (χ1) is 9.62. The third kappa shape index (κ3) is 3.89. The molecule has 0 saturated carbocycles. The van der Waals surface area contributed by atoms with Gasteiger partial charge in [-0.3, -0.25) is 0 Å². The molecule has 1 N–H and O–H groups in total. The molecule has 2 rings (SSSR count). The lowest BCUT2D eigenvalue weighted by atomic mass is 10.2. The Hall–Kier alpha value is -1.21. The fraction of sp³-hybridized carbons (Fsp3) is 0.538. The molecular weight excluding hydrogens is 290 g/mol. The minimum atomic E-state index is 0.300. The second-order valence-corrected chi connectivity index (χ2v) is 6.59. The van der Waals surface area contributed by atoms with Gasteiger partial charge in [-0.1, -0.05) is 20.8 Å². The second-order valence-electron chi connectivity index (χ2n) is 4.57. The molecule has 0 bridgehead atoms. The molecule has 7 heteroatoms. The van der Waals surface area contributed by atoms with Gasteiger partial charge < -0.3 is 5.32 Å². The van der Waals surface area contributed by atoms with Crippen LogP contribution in [0.5, 0.6) is 0 Å². The predicted molar refractivity (Wildman–Crippen MR) is 83.7 cm³/mol. The smallest absolute Gasteiger partial charge is 0.176 e. The number of hydrogen-bond acceptors (Lipinski definition) is 7. The number of hydrogen-bond donors (Lipinski definition) is 1. The molecule has 0 aliphatic carbocycles. The van der Waals surface area contributed by atoms with Gasteiger partial charge in [-0.05, 0) is 30.2 Å². The van der Waals surface area contributed by atoms with Gasteiger partial charge in [0.1, 0.15) is 22.5 Å². The fourth-order valence-corrected chi connectivity index (χ4v) is 3.19. The highest BCUT2D eigenvalue weighted by molar-refractivity contribution is 8.00. The summed E-state index contributed by atoms with van der Waals surface area (Å²) in [4.78, 5) is 13.6. The summed E-state index contributed by atoms with van der Waals surface area (Å²) in [5.74, 6) is 2.91. The van der Waals surface area contributed by atoms with Crippen LogP contribution in [0.15, 0.2) is 15.4 Å². The van der Waals surface area contributed by atoms with E-state index >= 15 is 0 Å². The highest BCUT2D eigenvalue weighted by atomic mass is 32.2. The van der Waals surface area contributed by atoms with Crippen LogP contribution >= 0.6 is 23.3 Å². The van der Waals surface area contributed by atoms with Crippen LogP contribution in [0.25, 0.3) is 0 Å². The van der Waals surface area contributed by atoms with Crippen LogP contribution in [0.1, 0.15) is 45.3 Å². The summed E-state index contributed by atoms with van der Waals surface area (Å²) in [7, 11) is 0. The number of aromatic nitrogens is 4. The highest BCUT2D eigenvalue weighted by Gasteiger charge is 2.11. The molecule has 0 saturated heterocycles. The maximum atomic E-state index is 4.60. The number of nitrogens with zero attached hydrogens (tertiary/aromatic N) is 4. The minimum Gasteiger partial charge on any atom is -0.370 e. The van der Waals surface area contributed by atoms with E-state index in [2.05, 4.69) is 52.3 Å². The number of rotatable bonds is 6. The Bertz CT molecular complexity index is 568. The Kier molecular flexibility index (Phi) is 5.31. The van der Waals surface area contributed by atoms with E-state index in [0.29, 0.717) is 5.92 Å². The Morgan fingerprint density at radius 3 is 2.65 bits per heavy atom. The van der Waals surface area contributed by atoms with Crippen LogP contribution in [0.2, 0.25) is 0 Å². The van der Waals surface area contributed by atoms with Crippen LogP contribution in [0.4, 0.5) is 5.82 Å². The molecule has 0 fully saturated rings. The van der Waals surface area contributed by atoms with E-state index in [4.69, 9.17) is 0 Å². The molecule has 2 heterocycles. The van der Waals surface area contributed by atoms with Crippen molar-refractivity contribution in [3.05, 3.63) is 17.7 Å². The first kappa shape index (κ1) is 15.2. The van der Waals surface area contributed by atoms with Crippen molar-refractivity contribution in [2.24, 2.45) is 0 Å². The lowest BCUT2D eigenvalue weighted by Gasteiger charge is -2.09. The van der Waals surface area contributed by atoms with Crippen LogP contribution in [-0.4, -0.2) is 25.9 Å². The van der Waals surface area contributed by atoms with Crippen LogP contribution < -0.4 is 5.32 Å². The molecule has 0 atom stereocenters. The van der Waals surface area contributed by atoms with E-state index in [-0.39, 0.29) is 0 Å². The maximum Gasteiger partial charge on any atom is 0.176 e. The van der Waals surface area contributed by atoms with Crippen LogP contribution in [0, 0.1) is 0 Å². The van der Waals surface area contributed by atoms with Gasteiger partial charge >= 0.3 is 0 Å². The van der Waals surface area contributed by atoms with Gasteiger partial charge in [0.15, 0.2) is 4.34 Å². The average Bonchev–Trinajstić information content (AvgIpc) is 2.86. The van der Waals surface area contributed by atoms with Gasteiger partial charge in [0, 0.05) is 24.9 Å². The van der Waals surface area contributed by atoms with Crippen molar-refractivity contribution in [2.45, 2.75) is 49.4 Å². The maximum absolute atomic E-state index is 4.60. The Morgan fingerprint density at radius 1 is 1.25 bits per heavy atom. The zero-order chi connectivity index (χ0) is 14.5. The number of nitrogens with one attached hydrogen (secondary N) is 1. The molecule has 2 aromatic heterocycles. The van der Waals surface area contributed by atoms with Crippen molar-refractivity contribution in [1.29, 1.82) is 0 Å². The summed E-state index contributed by atoms with van der Waals surface area (Å²) in [6.07, 6.45) is 0.862. The topological polar surface area (TPSA) is 63.6 Å².